The van der Waals surface area contributed by atoms with E-state index < -0.39 is 11.5 Å². The lowest BCUT2D eigenvalue weighted by atomic mass is 9.88. The van der Waals surface area contributed by atoms with Crippen molar-refractivity contribution in [2.24, 2.45) is 0 Å². The van der Waals surface area contributed by atoms with Crippen LogP contribution in [0.15, 0.2) is 66.7 Å². The molecule has 0 aliphatic carbocycles. The number of rotatable bonds is 7. The van der Waals surface area contributed by atoms with E-state index in [1.54, 1.807) is 29.2 Å². The first-order valence-electron chi connectivity index (χ1n) is 11.6. The third-order valence-corrected chi connectivity index (χ3v) is 6.71. The summed E-state index contributed by atoms with van der Waals surface area (Å²) >= 11 is 0. The largest absolute Gasteiger partial charge is 0.375 e. The van der Waals surface area contributed by atoms with E-state index in [4.69, 9.17) is 0 Å². The van der Waals surface area contributed by atoms with Crippen molar-refractivity contribution in [2.45, 2.75) is 58.6 Å². The van der Waals surface area contributed by atoms with Gasteiger partial charge in [0.05, 0.1) is 18.7 Å². The predicted octanol–water partition coefficient (Wildman–Crippen LogP) is 5.69. The minimum absolute atomic E-state index is 0.247. The first kappa shape index (κ1) is 22.9. The van der Waals surface area contributed by atoms with Crippen molar-refractivity contribution in [3.63, 3.8) is 0 Å². The second kappa shape index (κ2) is 8.95. The molecular weight excluding hydrogens is 410 g/mol. The van der Waals surface area contributed by atoms with Crippen LogP contribution >= 0.6 is 0 Å². The summed E-state index contributed by atoms with van der Waals surface area (Å²) in [5.74, 6) is -0.320. The number of nitrogens with zero attached hydrogens (tertiary/aromatic N) is 1. The zero-order valence-corrected chi connectivity index (χ0v) is 19.8. The van der Waals surface area contributed by atoms with Crippen LogP contribution < -0.4 is 4.90 Å². The highest BCUT2D eigenvalue weighted by Crippen LogP contribution is 2.43. The summed E-state index contributed by atoms with van der Waals surface area (Å²) in [6, 6.07) is 20.9. The maximum atomic E-state index is 13.6. The molecule has 3 aromatic carbocycles. The molecule has 1 aliphatic rings. The number of anilines is 1. The Balaban J connectivity index is 1.67. The van der Waals surface area contributed by atoms with E-state index in [-0.39, 0.29) is 12.2 Å². The summed E-state index contributed by atoms with van der Waals surface area (Å²) < 4.78 is 0. The molecule has 4 heteroatoms. The Morgan fingerprint density at radius 1 is 1.03 bits per heavy atom. The van der Waals surface area contributed by atoms with Gasteiger partial charge in [0.15, 0.2) is 11.4 Å². The van der Waals surface area contributed by atoms with Crippen LogP contribution in [0, 0.1) is 6.92 Å². The second-order valence-electron chi connectivity index (χ2n) is 9.26. The first-order chi connectivity index (χ1) is 15.7. The van der Waals surface area contributed by atoms with Gasteiger partial charge in [0, 0.05) is 11.1 Å². The number of benzene rings is 3. The molecule has 0 saturated heterocycles. The number of hydrogen-bond acceptors (Lipinski definition) is 3. The molecule has 0 saturated carbocycles. The highest BCUT2D eigenvalue weighted by molar-refractivity contribution is 6.10. The Morgan fingerprint density at radius 2 is 1.73 bits per heavy atom. The number of aliphatic hydroxyl groups is 1. The smallest absolute Gasteiger partial charge is 0.264 e. The molecule has 0 radical (unpaired) electrons. The lowest BCUT2D eigenvalue weighted by molar-refractivity contribution is -0.136. The molecule has 0 spiro atoms. The van der Waals surface area contributed by atoms with Gasteiger partial charge in [-0.2, -0.15) is 0 Å². The number of hydrogen-bond donors (Lipinski definition) is 1. The van der Waals surface area contributed by atoms with Gasteiger partial charge in [-0.25, -0.2) is 0 Å². The number of aryl methyl sites for hydroxylation is 2. The molecule has 1 unspecified atom stereocenters. The fourth-order valence-electron chi connectivity index (χ4n) is 4.49. The number of ketones is 1. The quantitative estimate of drug-likeness (QED) is 0.479. The van der Waals surface area contributed by atoms with E-state index in [0.29, 0.717) is 29.3 Å². The van der Waals surface area contributed by atoms with Crippen LogP contribution in [-0.2, 0) is 23.4 Å². The number of Topliss-reactive ketones (excluding diaryl/α,β-unsaturated/α-hetero) is 1. The van der Waals surface area contributed by atoms with Crippen LogP contribution in [0.2, 0.25) is 0 Å². The number of carbonyl (C=O) groups excluding carboxylic acids is 2. The van der Waals surface area contributed by atoms with Gasteiger partial charge in [-0.1, -0.05) is 81.4 Å². The molecule has 4 nitrogen and oxygen atoms in total. The molecule has 1 atom stereocenters. The molecular formula is C29H31NO3. The van der Waals surface area contributed by atoms with Gasteiger partial charge >= 0.3 is 0 Å². The maximum Gasteiger partial charge on any atom is 0.264 e. The van der Waals surface area contributed by atoms with Crippen molar-refractivity contribution >= 4 is 17.4 Å². The summed E-state index contributed by atoms with van der Waals surface area (Å²) in [6.45, 7) is 8.72. The molecule has 1 aliphatic heterocycles. The van der Waals surface area contributed by atoms with E-state index in [1.807, 2.05) is 31.2 Å². The van der Waals surface area contributed by atoms with Gasteiger partial charge in [0.2, 0.25) is 0 Å². The molecule has 170 valence electrons. The Labute approximate surface area is 195 Å². The summed E-state index contributed by atoms with van der Waals surface area (Å²) in [4.78, 5) is 28.3. The normalized spacial score (nSPS) is 17.5. The van der Waals surface area contributed by atoms with Crippen LogP contribution in [0.5, 0.6) is 0 Å². The lowest BCUT2D eigenvalue weighted by Crippen LogP contribution is -2.41. The third-order valence-electron chi connectivity index (χ3n) is 6.71. The minimum atomic E-state index is -1.87. The Kier molecular flexibility index (Phi) is 6.22. The maximum absolute atomic E-state index is 13.6. The number of para-hydroxylation sites is 1. The van der Waals surface area contributed by atoms with Crippen molar-refractivity contribution in [1.82, 2.24) is 0 Å². The molecule has 0 bridgehead atoms. The second-order valence-corrected chi connectivity index (χ2v) is 9.26. The molecule has 0 aromatic heterocycles. The van der Waals surface area contributed by atoms with Crippen molar-refractivity contribution in [1.29, 1.82) is 0 Å². The minimum Gasteiger partial charge on any atom is -0.375 e. The molecule has 0 fully saturated rings. The molecule has 3 aromatic rings. The lowest BCUT2D eigenvalue weighted by Gasteiger charge is -2.24. The highest BCUT2D eigenvalue weighted by atomic mass is 16.3. The van der Waals surface area contributed by atoms with Crippen LogP contribution in [0.3, 0.4) is 0 Å². The van der Waals surface area contributed by atoms with E-state index in [9.17, 15) is 14.7 Å². The van der Waals surface area contributed by atoms with E-state index in [1.165, 1.54) is 5.56 Å². The van der Waals surface area contributed by atoms with Gasteiger partial charge < -0.3 is 10.0 Å². The molecule has 33 heavy (non-hydrogen) atoms. The summed E-state index contributed by atoms with van der Waals surface area (Å²) in [6.07, 6.45) is 0.604. The van der Waals surface area contributed by atoms with Crippen molar-refractivity contribution in [3.05, 3.63) is 100 Å². The van der Waals surface area contributed by atoms with Gasteiger partial charge in [-0.05, 0) is 47.6 Å². The third kappa shape index (κ3) is 4.23. The van der Waals surface area contributed by atoms with E-state index in [2.05, 4.69) is 39.0 Å². The molecule has 1 N–H and O–H groups in total. The predicted molar refractivity (Wildman–Crippen MR) is 132 cm³/mol. The fourth-order valence-corrected chi connectivity index (χ4v) is 4.49. The van der Waals surface area contributed by atoms with Crippen molar-refractivity contribution < 1.29 is 14.7 Å². The van der Waals surface area contributed by atoms with Crippen LogP contribution in [0.1, 0.15) is 71.3 Å². The van der Waals surface area contributed by atoms with Gasteiger partial charge in [-0.15, -0.1) is 0 Å². The Morgan fingerprint density at radius 3 is 2.39 bits per heavy atom. The van der Waals surface area contributed by atoms with E-state index >= 15 is 0 Å². The molecule has 4 rings (SSSR count). The Bertz CT molecular complexity index is 1200. The first-order valence-corrected chi connectivity index (χ1v) is 11.6. The summed E-state index contributed by atoms with van der Waals surface area (Å²) in [5.41, 5.74) is 4.25. The SMILES string of the molecule is CCc1ccc(C(=O)CC2(O)C(=O)N(Cc3cc(C(C)C)ccc3C)c3ccccc32)cc1. The standard InChI is InChI=1S/C29H31NO3/c1-5-21-11-14-22(15-12-21)27(31)17-29(33)25-8-6-7-9-26(25)30(28(29)32)18-24-16-23(19(2)3)13-10-20(24)4/h6-16,19,33H,5,17-18H2,1-4H3. The zero-order chi connectivity index (χ0) is 23.8. The van der Waals surface area contributed by atoms with Crippen LogP contribution in [-0.4, -0.2) is 16.8 Å². The van der Waals surface area contributed by atoms with Gasteiger partial charge in [0.1, 0.15) is 0 Å². The summed E-state index contributed by atoms with van der Waals surface area (Å²) in [5, 5.41) is 11.6. The molecule has 1 amide bonds. The Hall–Kier alpha value is -3.24. The number of amides is 1. The summed E-state index contributed by atoms with van der Waals surface area (Å²) in [7, 11) is 0. The van der Waals surface area contributed by atoms with Gasteiger partial charge in [0.25, 0.3) is 5.91 Å². The van der Waals surface area contributed by atoms with E-state index in [0.717, 1.165) is 23.1 Å². The molecule has 1 heterocycles. The topological polar surface area (TPSA) is 57.6 Å². The number of carbonyl (C=O) groups is 2. The average Bonchev–Trinajstić information content (AvgIpc) is 3.02. The number of fused-ring (bicyclic) bond motifs is 1. The monoisotopic (exact) mass is 441 g/mol. The van der Waals surface area contributed by atoms with Crippen LogP contribution in [0.25, 0.3) is 0 Å². The van der Waals surface area contributed by atoms with Gasteiger partial charge in [-0.3, -0.25) is 9.59 Å². The van der Waals surface area contributed by atoms with Crippen LogP contribution in [0.4, 0.5) is 5.69 Å². The van der Waals surface area contributed by atoms with Crippen molar-refractivity contribution in [3.8, 4) is 0 Å². The average molecular weight is 442 g/mol. The highest BCUT2D eigenvalue weighted by Gasteiger charge is 2.50. The van der Waals surface area contributed by atoms with Crippen molar-refractivity contribution in [2.75, 3.05) is 4.90 Å². The fraction of sp³-hybridized carbons (Fsp3) is 0.310. The zero-order valence-electron chi connectivity index (χ0n) is 19.8.